The molecule has 0 radical (unpaired) electrons. The van der Waals surface area contributed by atoms with Crippen LogP contribution in [0.15, 0.2) is 47.6 Å². The normalized spacial score (nSPS) is 18.6. The lowest BCUT2D eigenvalue weighted by atomic mass is 9.80. The van der Waals surface area contributed by atoms with Crippen molar-refractivity contribution in [3.8, 4) is 0 Å². The van der Waals surface area contributed by atoms with Crippen LogP contribution >= 0.6 is 0 Å². The molecule has 1 atom stereocenters. The van der Waals surface area contributed by atoms with Crippen molar-refractivity contribution in [3.05, 3.63) is 59.2 Å². The number of anilines is 2. The molecule has 0 saturated heterocycles. The summed E-state index contributed by atoms with van der Waals surface area (Å²) in [5, 5.41) is 13.2. The highest BCUT2D eigenvalue weighted by atomic mass is 16.4. The van der Waals surface area contributed by atoms with Gasteiger partial charge >= 0.3 is 5.97 Å². The zero-order valence-electron chi connectivity index (χ0n) is 15.7. The van der Waals surface area contributed by atoms with Crippen molar-refractivity contribution < 1.29 is 9.90 Å². The molecule has 5 heteroatoms. The van der Waals surface area contributed by atoms with E-state index in [1.54, 1.807) is 30.5 Å². The predicted molar refractivity (Wildman–Crippen MR) is 107 cm³/mol. The number of nitrogens with zero attached hydrogens (tertiary/aromatic N) is 2. The van der Waals surface area contributed by atoms with Gasteiger partial charge in [-0.3, -0.25) is 5.43 Å². The van der Waals surface area contributed by atoms with Gasteiger partial charge in [-0.15, -0.1) is 0 Å². The molecule has 1 aliphatic heterocycles. The number of rotatable bonds is 4. The number of carboxylic acid groups (broad SMARTS) is 1. The second kappa shape index (κ2) is 6.83. The van der Waals surface area contributed by atoms with E-state index >= 15 is 0 Å². The first-order valence-corrected chi connectivity index (χ1v) is 8.78. The summed E-state index contributed by atoms with van der Waals surface area (Å²) in [4.78, 5) is 13.2. The van der Waals surface area contributed by atoms with Gasteiger partial charge in [0.1, 0.15) is 0 Å². The molecule has 1 aliphatic rings. The zero-order chi connectivity index (χ0) is 18.9. The summed E-state index contributed by atoms with van der Waals surface area (Å²) >= 11 is 0. The fraction of sp³-hybridized carbons (Fsp3) is 0.333. The molecule has 1 heterocycles. The van der Waals surface area contributed by atoms with Crippen LogP contribution in [0.2, 0.25) is 0 Å². The lowest BCUT2D eigenvalue weighted by Crippen LogP contribution is -2.45. The number of fused-ring (bicyclic) bond motifs is 1. The Hall–Kier alpha value is -2.82. The number of hydrogen-bond donors (Lipinski definition) is 2. The summed E-state index contributed by atoms with van der Waals surface area (Å²) < 4.78 is 0. The maximum absolute atomic E-state index is 10.9. The van der Waals surface area contributed by atoms with Crippen LogP contribution < -0.4 is 10.3 Å². The Balaban J connectivity index is 1.74. The van der Waals surface area contributed by atoms with E-state index in [0.717, 1.165) is 17.7 Å². The molecule has 0 aliphatic carbocycles. The third-order valence-corrected chi connectivity index (χ3v) is 5.20. The van der Waals surface area contributed by atoms with Crippen molar-refractivity contribution in [1.29, 1.82) is 0 Å². The fourth-order valence-electron chi connectivity index (χ4n) is 3.54. The molecular formula is C21H25N3O2. The lowest BCUT2D eigenvalue weighted by Gasteiger charge is -2.45. The van der Waals surface area contributed by atoms with Crippen LogP contribution in [0.5, 0.6) is 0 Å². The van der Waals surface area contributed by atoms with E-state index in [9.17, 15) is 4.79 Å². The highest BCUT2D eigenvalue weighted by Gasteiger charge is 2.33. The summed E-state index contributed by atoms with van der Waals surface area (Å²) in [6.07, 6.45) is 2.91. The van der Waals surface area contributed by atoms with Gasteiger partial charge < -0.3 is 10.0 Å². The number of hydrogen-bond acceptors (Lipinski definition) is 4. The molecule has 2 aromatic carbocycles. The topological polar surface area (TPSA) is 64.9 Å². The van der Waals surface area contributed by atoms with Crippen LogP contribution in [0.3, 0.4) is 0 Å². The van der Waals surface area contributed by atoms with E-state index in [-0.39, 0.29) is 11.1 Å². The zero-order valence-corrected chi connectivity index (χ0v) is 15.7. The average molecular weight is 351 g/mol. The summed E-state index contributed by atoms with van der Waals surface area (Å²) in [7, 11) is 2.15. The van der Waals surface area contributed by atoms with Crippen LogP contribution in [-0.2, 0) is 0 Å². The molecule has 0 saturated carbocycles. The minimum atomic E-state index is -0.934. The fourth-order valence-corrected chi connectivity index (χ4v) is 3.54. The molecule has 3 rings (SSSR count). The van der Waals surface area contributed by atoms with E-state index in [1.165, 1.54) is 11.3 Å². The van der Waals surface area contributed by atoms with E-state index < -0.39 is 5.97 Å². The number of nitrogens with one attached hydrogen (secondary N) is 1. The first-order valence-electron chi connectivity index (χ1n) is 8.78. The van der Waals surface area contributed by atoms with Crippen molar-refractivity contribution in [1.82, 2.24) is 0 Å². The number of hydrazone groups is 1. The van der Waals surface area contributed by atoms with E-state index in [1.807, 2.05) is 0 Å². The number of benzene rings is 2. The van der Waals surface area contributed by atoms with E-state index in [4.69, 9.17) is 5.11 Å². The van der Waals surface area contributed by atoms with E-state index in [0.29, 0.717) is 5.92 Å². The van der Waals surface area contributed by atoms with Gasteiger partial charge in [-0.25, -0.2) is 4.79 Å². The molecule has 5 nitrogen and oxygen atoms in total. The van der Waals surface area contributed by atoms with Gasteiger partial charge in [0.2, 0.25) is 0 Å². The number of carboxylic acids is 1. The Kier molecular flexibility index (Phi) is 4.72. The van der Waals surface area contributed by atoms with Gasteiger partial charge in [-0.2, -0.15) is 5.10 Å². The Morgan fingerprint density at radius 1 is 1.27 bits per heavy atom. The van der Waals surface area contributed by atoms with Crippen LogP contribution in [-0.4, -0.2) is 29.9 Å². The minimum absolute atomic E-state index is 0.158. The number of carbonyl (C=O) groups is 1. The minimum Gasteiger partial charge on any atom is -0.478 e. The molecule has 0 aromatic heterocycles. The van der Waals surface area contributed by atoms with Crippen molar-refractivity contribution in [2.45, 2.75) is 38.6 Å². The molecule has 0 unspecified atom stereocenters. The highest BCUT2D eigenvalue weighted by molar-refractivity contribution is 5.88. The molecule has 0 amide bonds. The smallest absolute Gasteiger partial charge is 0.335 e. The van der Waals surface area contributed by atoms with Gasteiger partial charge in [-0.1, -0.05) is 13.0 Å². The van der Waals surface area contributed by atoms with Crippen molar-refractivity contribution in [2.24, 2.45) is 5.10 Å². The van der Waals surface area contributed by atoms with Crippen LogP contribution in [0.25, 0.3) is 0 Å². The van der Waals surface area contributed by atoms with Gasteiger partial charge in [-0.05, 0) is 73.7 Å². The Morgan fingerprint density at radius 2 is 1.96 bits per heavy atom. The quantitative estimate of drug-likeness (QED) is 0.626. The van der Waals surface area contributed by atoms with Crippen LogP contribution in [0.4, 0.5) is 11.4 Å². The Labute approximate surface area is 154 Å². The molecule has 2 aromatic rings. The molecular weight excluding hydrogens is 326 g/mol. The summed E-state index contributed by atoms with van der Waals surface area (Å²) in [5.41, 5.74) is 7.78. The number of aromatic carboxylic acids is 1. The van der Waals surface area contributed by atoms with Crippen molar-refractivity contribution in [2.75, 3.05) is 17.4 Å². The predicted octanol–water partition coefficient (Wildman–Crippen LogP) is 4.55. The summed E-state index contributed by atoms with van der Waals surface area (Å²) in [6, 6.07) is 12.9. The van der Waals surface area contributed by atoms with Crippen LogP contribution in [0, 0.1) is 0 Å². The lowest BCUT2D eigenvalue weighted by molar-refractivity contribution is 0.0697. The first-order chi connectivity index (χ1) is 12.3. The first kappa shape index (κ1) is 18.0. The van der Waals surface area contributed by atoms with Gasteiger partial charge in [0.15, 0.2) is 0 Å². The van der Waals surface area contributed by atoms with E-state index in [2.05, 4.69) is 61.4 Å². The molecule has 26 heavy (non-hydrogen) atoms. The van der Waals surface area contributed by atoms with Crippen molar-refractivity contribution in [3.63, 3.8) is 0 Å². The summed E-state index contributed by atoms with van der Waals surface area (Å²) in [5.74, 6) is -0.433. The summed E-state index contributed by atoms with van der Waals surface area (Å²) in [6.45, 7) is 6.83. The van der Waals surface area contributed by atoms with Gasteiger partial charge in [0.25, 0.3) is 0 Å². The van der Waals surface area contributed by atoms with Gasteiger partial charge in [0.05, 0.1) is 17.5 Å². The van der Waals surface area contributed by atoms with Gasteiger partial charge in [0, 0.05) is 18.3 Å². The standard InChI is InChI=1S/C21H25N3O2/c1-14-12-21(2,3)24(4)19-10-5-15(11-18(14)19)13-22-23-17-8-6-16(7-9-17)20(25)26/h5-11,13-14,23H,12H2,1-4H3,(H,25,26)/b22-13+/t14-/m1/s1. The highest BCUT2D eigenvalue weighted by Crippen LogP contribution is 2.42. The average Bonchev–Trinajstić information content (AvgIpc) is 2.60. The Morgan fingerprint density at radius 3 is 2.62 bits per heavy atom. The molecule has 0 spiro atoms. The Bertz CT molecular complexity index is 841. The molecule has 0 bridgehead atoms. The maximum atomic E-state index is 10.9. The third-order valence-electron chi connectivity index (χ3n) is 5.20. The second-order valence-electron chi connectivity index (χ2n) is 7.55. The SMILES string of the molecule is C[C@@H]1CC(C)(C)N(C)c2ccc(/C=N/Nc3ccc(C(=O)O)cc3)cc21. The molecule has 0 fully saturated rings. The maximum Gasteiger partial charge on any atom is 0.335 e. The monoisotopic (exact) mass is 351 g/mol. The second-order valence-corrected chi connectivity index (χ2v) is 7.55. The molecule has 136 valence electrons. The third kappa shape index (κ3) is 3.57. The van der Waals surface area contributed by atoms with Crippen molar-refractivity contribution >= 4 is 23.6 Å². The largest absolute Gasteiger partial charge is 0.478 e. The van der Waals surface area contributed by atoms with Crippen LogP contribution in [0.1, 0.15) is 54.6 Å². The molecule has 2 N–H and O–H groups in total.